The molecule has 15 heteroatoms. The third-order valence-corrected chi connectivity index (χ3v) is 8.66. The summed E-state index contributed by atoms with van der Waals surface area (Å²) >= 11 is 0. The molecule has 0 saturated carbocycles. The van der Waals surface area contributed by atoms with Crippen molar-refractivity contribution in [3.8, 4) is 5.75 Å². The number of carboxylic acids is 1. The van der Waals surface area contributed by atoms with E-state index < -0.39 is 49.2 Å². The number of aromatic carboxylic acids is 1. The van der Waals surface area contributed by atoms with Gasteiger partial charge in [-0.1, -0.05) is 17.7 Å². The van der Waals surface area contributed by atoms with E-state index in [1.54, 1.807) is 39.8 Å². The summed E-state index contributed by atoms with van der Waals surface area (Å²) in [5.41, 5.74) is -0.891. The minimum absolute atomic E-state index is 0.0595. The number of hydrogen-bond acceptors (Lipinski definition) is 10. The summed E-state index contributed by atoms with van der Waals surface area (Å²) in [6.07, 6.45) is 1.16. The van der Waals surface area contributed by atoms with Crippen LogP contribution < -0.4 is 13.8 Å². The lowest BCUT2D eigenvalue weighted by Crippen LogP contribution is -2.33. The van der Waals surface area contributed by atoms with Crippen LogP contribution in [0.2, 0.25) is 0 Å². The molecule has 0 radical (unpaired) electrons. The number of amides is 1. The van der Waals surface area contributed by atoms with Crippen LogP contribution in [0.5, 0.6) is 5.75 Å². The van der Waals surface area contributed by atoms with Gasteiger partial charge in [0.2, 0.25) is 15.8 Å². The molecule has 3 rings (SSSR count). The van der Waals surface area contributed by atoms with Crippen LogP contribution in [0.4, 0.5) is 10.6 Å². The van der Waals surface area contributed by atoms with Gasteiger partial charge in [0.15, 0.2) is 11.5 Å². The van der Waals surface area contributed by atoms with Gasteiger partial charge in [-0.2, -0.15) is 8.42 Å². The number of carbonyl (C=O) groups excluding carboxylic acids is 1. The largest absolute Gasteiger partial charge is 0.476 e. The first-order valence-corrected chi connectivity index (χ1v) is 15.5. The first-order chi connectivity index (χ1) is 19.0. The summed E-state index contributed by atoms with van der Waals surface area (Å²) in [5, 5.41) is 12.5. The molecule has 2 heterocycles. The number of fused-ring (bicyclic) bond motifs is 1. The molecule has 0 spiro atoms. The number of carbonyl (C=O) groups is 2. The number of nitrogens with zero attached hydrogens (tertiary/aromatic N) is 3. The van der Waals surface area contributed by atoms with Crippen molar-refractivity contribution < 1.29 is 40.5 Å². The van der Waals surface area contributed by atoms with E-state index in [0.717, 1.165) is 9.87 Å². The molecule has 0 saturated heterocycles. The number of rotatable bonds is 11. The van der Waals surface area contributed by atoms with Crippen LogP contribution in [0.25, 0.3) is 10.9 Å². The summed E-state index contributed by atoms with van der Waals surface area (Å²) < 4.78 is 63.5. The first kappa shape index (κ1) is 31.5. The molecule has 3 aromatic rings. The molecule has 0 atom stereocenters. The Labute approximate surface area is 238 Å². The zero-order valence-corrected chi connectivity index (χ0v) is 24.9. The van der Waals surface area contributed by atoms with Gasteiger partial charge in [0.05, 0.1) is 5.75 Å². The van der Waals surface area contributed by atoms with Gasteiger partial charge >= 0.3 is 22.2 Å². The number of unbranched alkanes of at least 4 members (excludes halogenated alkanes) is 1. The number of sulfonamides is 1. The number of carboxylic acid groups (broad SMARTS) is 1. The summed E-state index contributed by atoms with van der Waals surface area (Å²) in [5.74, 6) is -2.90. The standard InChI is InChI=1S/C26H32N4O9S2/c1-17-10-12-18(13-11-17)41(36,37)39-22-20-19(9-8-15-27-20)23(29-21(22)24(31)32)30(5)40(34,35)16-7-6-14-28-25(33)38-26(2,3)4/h8-13,15H,6-7,14,16H2,1-5H3,(H,28,33)(H,31,32). The molecule has 1 aromatic carbocycles. The first-order valence-electron chi connectivity index (χ1n) is 12.5. The molecular weight excluding hydrogens is 576 g/mol. The van der Waals surface area contributed by atoms with Crippen molar-refractivity contribution in [2.24, 2.45) is 0 Å². The van der Waals surface area contributed by atoms with Gasteiger partial charge < -0.3 is 19.3 Å². The normalized spacial score (nSPS) is 12.1. The zero-order chi connectivity index (χ0) is 30.6. The van der Waals surface area contributed by atoms with E-state index in [4.69, 9.17) is 8.92 Å². The average Bonchev–Trinajstić information content (AvgIpc) is 2.87. The van der Waals surface area contributed by atoms with Crippen LogP contribution >= 0.6 is 0 Å². The Kier molecular flexibility index (Phi) is 9.44. The van der Waals surface area contributed by atoms with Gasteiger partial charge in [0.25, 0.3) is 0 Å². The van der Waals surface area contributed by atoms with Gasteiger partial charge in [-0.15, -0.1) is 0 Å². The van der Waals surface area contributed by atoms with Crippen LogP contribution in [0.15, 0.2) is 47.5 Å². The number of benzene rings is 1. The lowest BCUT2D eigenvalue weighted by atomic mass is 10.2. The second kappa shape index (κ2) is 12.3. The Morgan fingerprint density at radius 1 is 1.05 bits per heavy atom. The smallest absolute Gasteiger partial charge is 0.407 e. The number of nitrogens with one attached hydrogen (secondary N) is 1. The highest BCUT2D eigenvalue weighted by atomic mass is 32.2. The van der Waals surface area contributed by atoms with E-state index in [2.05, 4.69) is 15.3 Å². The van der Waals surface area contributed by atoms with Gasteiger partial charge in [-0.3, -0.25) is 9.29 Å². The Balaban J connectivity index is 1.88. The second-order valence-electron chi connectivity index (χ2n) is 10.1. The molecule has 1 amide bonds. The average molecular weight is 609 g/mol. The van der Waals surface area contributed by atoms with Crippen molar-refractivity contribution in [3.05, 3.63) is 53.9 Å². The SMILES string of the molecule is Cc1ccc(S(=O)(=O)Oc2c(C(=O)O)nc(N(C)S(=O)(=O)CCCCNC(=O)OC(C)(C)C)c3cccnc23)cc1. The van der Waals surface area contributed by atoms with E-state index in [9.17, 15) is 31.5 Å². The molecule has 222 valence electrons. The molecule has 41 heavy (non-hydrogen) atoms. The topological polar surface area (TPSA) is 182 Å². The van der Waals surface area contributed by atoms with Gasteiger partial charge in [0, 0.05) is 25.2 Å². The maximum absolute atomic E-state index is 13.1. The summed E-state index contributed by atoms with van der Waals surface area (Å²) in [6.45, 7) is 7.12. The monoisotopic (exact) mass is 608 g/mol. The Morgan fingerprint density at radius 3 is 2.32 bits per heavy atom. The number of aromatic nitrogens is 2. The third-order valence-electron chi connectivity index (χ3n) is 5.61. The second-order valence-corrected chi connectivity index (χ2v) is 13.8. The van der Waals surface area contributed by atoms with E-state index in [1.165, 1.54) is 37.5 Å². The van der Waals surface area contributed by atoms with Crippen molar-refractivity contribution in [2.45, 2.75) is 51.0 Å². The number of anilines is 1. The summed E-state index contributed by atoms with van der Waals surface area (Å²) in [6, 6.07) is 8.63. The molecule has 0 unspecified atom stereocenters. The molecule has 0 aliphatic rings. The van der Waals surface area contributed by atoms with Crippen molar-refractivity contribution in [3.63, 3.8) is 0 Å². The number of aryl methyl sites for hydroxylation is 1. The predicted molar refractivity (Wildman–Crippen MR) is 151 cm³/mol. The molecule has 0 aliphatic heterocycles. The zero-order valence-electron chi connectivity index (χ0n) is 23.2. The summed E-state index contributed by atoms with van der Waals surface area (Å²) in [4.78, 5) is 31.8. The fourth-order valence-corrected chi connectivity index (χ4v) is 5.79. The third kappa shape index (κ3) is 8.04. The van der Waals surface area contributed by atoms with Crippen LogP contribution in [0.1, 0.15) is 49.7 Å². The van der Waals surface area contributed by atoms with Crippen LogP contribution in [-0.2, 0) is 24.9 Å². The van der Waals surface area contributed by atoms with E-state index in [1.807, 2.05) is 0 Å². The van der Waals surface area contributed by atoms with Crippen molar-refractivity contribution in [1.82, 2.24) is 15.3 Å². The number of pyridine rings is 2. The number of alkyl carbamates (subject to hydrolysis) is 1. The van der Waals surface area contributed by atoms with Gasteiger partial charge in [0.1, 0.15) is 16.0 Å². The van der Waals surface area contributed by atoms with Gasteiger partial charge in [-0.25, -0.2) is 23.0 Å². The Hall–Kier alpha value is -3.98. The van der Waals surface area contributed by atoms with E-state index in [0.29, 0.717) is 6.42 Å². The van der Waals surface area contributed by atoms with Crippen molar-refractivity contribution in [2.75, 3.05) is 23.7 Å². The molecule has 0 bridgehead atoms. The van der Waals surface area contributed by atoms with Crippen LogP contribution in [0.3, 0.4) is 0 Å². The molecule has 2 N–H and O–H groups in total. The van der Waals surface area contributed by atoms with Crippen molar-refractivity contribution >= 4 is 48.9 Å². The highest BCUT2D eigenvalue weighted by Gasteiger charge is 2.30. The van der Waals surface area contributed by atoms with E-state index in [-0.39, 0.29) is 40.3 Å². The van der Waals surface area contributed by atoms with Crippen molar-refractivity contribution in [1.29, 1.82) is 0 Å². The molecule has 2 aromatic heterocycles. The molecular formula is C26H32N4O9S2. The Morgan fingerprint density at radius 2 is 1.71 bits per heavy atom. The highest BCUT2D eigenvalue weighted by molar-refractivity contribution is 7.92. The fraction of sp³-hybridized carbons (Fsp3) is 0.385. The van der Waals surface area contributed by atoms with Crippen LogP contribution in [0, 0.1) is 6.92 Å². The Bertz CT molecular complexity index is 1650. The molecule has 0 aliphatic carbocycles. The number of ether oxygens (including phenoxy) is 1. The highest BCUT2D eigenvalue weighted by Crippen LogP contribution is 2.35. The lowest BCUT2D eigenvalue weighted by Gasteiger charge is -2.22. The molecule has 0 fully saturated rings. The quantitative estimate of drug-likeness (QED) is 0.240. The maximum Gasteiger partial charge on any atom is 0.407 e. The lowest BCUT2D eigenvalue weighted by molar-refractivity contribution is 0.0526. The van der Waals surface area contributed by atoms with E-state index >= 15 is 0 Å². The van der Waals surface area contributed by atoms with Gasteiger partial charge in [-0.05, 0) is 64.8 Å². The minimum Gasteiger partial charge on any atom is -0.476 e. The summed E-state index contributed by atoms with van der Waals surface area (Å²) in [7, 11) is -7.31. The van der Waals surface area contributed by atoms with Crippen LogP contribution in [-0.4, -0.2) is 68.9 Å². The predicted octanol–water partition coefficient (Wildman–Crippen LogP) is 3.48. The maximum atomic E-state index is 13.1. The fourth-order valence-electron chi connectivity index (χ4n) is 3.61. The molecule has 13 nitrogen and oxygen atoms in total. The number of hydrogen-bond donors (Lipinski definition) is 2. The minimum atomic E-state index is -4.49.